The maximum Gasteiger partial charge on any atom is 0.338 e. The van der Waals surface area contributed by atoms with Crippen molar-refractivity contribution in [3.05, 3.63) is 76.7 Å². The van der Waals surface area contributed by atoms with Crippen LogP contribution in [0.3, 0.4) is 0 Å². The topological polar surface area (TPSA) is 78.3 Å². The number of nitrogens with one attached hydrogen (secondary N) is 1. The van der Waals surface area contributed by atoms with Crippen LogP contribution in [0.25, 0.3) is 0 Å². The van der Waals surface area contributed by atoms with Crippen LogP contribution in [0.15, 0.2) is 65.0 Å². The van der Waals surface area contributed by atoms with Gasteiger partial charge in [-0.15, -0.1) is 5.10 Å². The molecule has 0 aliphatic carbocycles. The van der Waals surface area contributed by atoms with Crippen molar-refractivity contribution in [2.75, 3.05) is 18.2 Å². The summed E-state index contributed by atoms with van der Waals surface area (Å²) >= 11 is 1.57. The molecule has 0 saturated carbocycles. The number of nitrogens with zero attached hydrogens (tertiary/aromatic N) is 3. The number of allylic oxidation sites excluding steroid dienone is 1. The Labute approximate surface area is 196 Å². The third-order valence-corrected chi connectivity index (χ3v) is 6.27. The summed E-state index contributed by atoms with van der Waals surface area (Å²) in [6.07, 6.45) is 1.00. The highest BCUT2D eigenvalue weighted by Gasteiger charge is 2.35. The normalized spacial score (nSPS) is 15.1. The number of carbonyl (C=O) groups is 1. The first-order valence-electron chi connectivity index (χ1n) is 10.6. The van der Waals surface area contributed by atoms with E-state index in [1.54, 1.807) is 46.8 Å². The molecule has 1 N–H and O–H groups in total. The SMILES string of the molecule is CCCSc1nc2n(n1)C(c1ccc(OCc3ccccc3F)cc1)C(C(=O)OC)=C(C)N2. The summed E-state index contributed by atoms with van der Waals surface area (Å²) in [5, 5.41) is 8.46. The van der Waals surface area contributed by atoms with Crippen molar-refractivity contribution in [2.24, 2.45) is 0 Å². The van der Waals surface area contributed by atoms with Gasteiger partial charge in [-0.3, -0.25) is 0 Å². The Balaban J connectivity index is 1.63. The number of hydrogen-bond acceptors (Lipinski definition) is 7. The van der Waals surface area contributed by atoms with Gasteiger partial charge in [-0.25, -0.2) is 13.9 Å². The van der Waals surface area contributed by atoms with Crippen LogP contribution in [0.1, 0.15) is 37.4 Å². The first kappa shape index (κ1) is 22.8. The summed E-state index contributed by atoms with van der Waals surface area (Å²) in [5.74, 6) is 1.33. The Morgan fingerprint density at radius 1 is 1.21 bits per heavy atom. The molecular weight excluding hydrogens is 443 g/mol. The summed E-state index contributed by atoms with van der Waals surface area (Å²) in [6, 6.07) is 13.3. The molecule has 0 radical (unpaired) electrons. The van der Waals surface area contributed by atoms with Crippen molar-refractivity contribution >= 4 is 23.7 Å². The Hall–Kier alpha value is -3.33. The number of rotatable bonds is 8. The molecule has 9 heteroatoms. The fraction of sp³-hybridized carbons (Fsp3) is 0.292. The fourth-order valence-electron chi connectivity index (χ4n) is 3.59. The molecule has 0 bridgehead atoms. The maximum atomic E-state index is 13.9. The van der Waals surface area contributed by atoms with Crippen LogP contribution in [0.2, 0.25) is 0 Å². The van der Waals surface area contributed by atoms with E-state index in [0.717, 1.165) is 17.7 Å². The lowest BCUT2D eigenvalue weighted by Gasteiger charge is -2.27. The molecule has 2 heterocycles. The molecule has 33 heavy (non-hydrogen) atoms. The van der Waals surface area contributed by atoms with Gasteiger partial charge in [0.2, 0.25) is 11.1 Å². The van der Waals surface area contributed by atoms with E-state index in [1.165, 1.54) is 13.2 Å². The number of fused-ring (bicyclic) bond motifs is 1. The molecule has 1 unspecified atom stereocenters. The predicted octanol–water partition coefficient (Wildman–Crippen LogP) is 4.96. The van der Waals surface area contributed by atoms with Gasteiger partial charge < -0.3 is 14.8 Å². The number of anilines is 1. The molecule has 1 atom stereocenters. The second kappa shape index (κ2) is 10.1. The highest BCUT2D eigenvalue weighted by atomic mass is 32.2. The van der Waals surface area contributed by atoms with Gasteiger partial charge in [0.05, 0.1) is 12.7 Å². The number of benzene rings is 2. The van der Waals surface area contributed by atoms with Crippen LogP contribution in [0.4, 0.5) is 10.3 Å². The van der Waals surface area contributed by atoms with Crippen LogP contribution in [-0.4, -0.2) is 33.6 Å². The van der Waals surface area contributed by atoms with Crippen LogP contribution in [0.5, 0.6) is 5.75 Å². The summed E-state index contributed by atoms with van der Waals surface area (Å²) in [7, 11) is 1.36. The van der Waals surface area contributed by atoms with Crippen LogP contribution >= 0.6 is 11.8 Å². The van der Waals surface area contributed by atoms with Gasteiger partial charge in [0.25, 0.3) is 0 Å². The van der Waals surface area contributed by atoms with Crippen molar-refractivity contribution in [1.29, 1.82) is 0 Å². The Kier molecular flexibility index (Phi) is 6.98. The van der Waals surface area contributed by atoms with E-state index in [4.69, 9.17) is 9.47 Å². The molecule has 0 fully saturated rings. The number of esters is 1. The minimum absolute atomic E-state index is 0.122. The van der Waals surface area contributed by atoms with E-state index in [1.807, 2.05) is 19.1 Å². The number of carbonyl (C=O) groups excluding carboxylic acids is 1. The third-order valence-electron chi connectivity index (χ3n) is 5.22. The van der Waals surface area contributed by atoms with Crippen LogP contribution < -0.4 is 10.1 Å². The highest BCUT2D eigenvalue weighted by Crippen LogP contribution is 2.37. The smallest absolute Gasteiger partial charge is 0.338 e. The van der Waals surface area contributed by atoms with E-state index < -0.39 is 12.0 Å². The van der Waals surface area contributed by atoms with E-state index in [2.05, 4.69) is 22.3 Å². The molecule has 3 aromatic rings. The summed E-state index contributed by atoms with van der Waals surface area (Å²) in [4.78, 5) is 17.2. The van der Waals surface area contributed by atoms with Gasteiger partial charge in [0, 0.05) is 17.0 Å². The predicted molar refractivity (Wildman–Crippen MR) is 125 cm³/mol. The second-order valence-corrected chi connectivity index (χ2v) is 8.58. The largest absolute Gasteiger partial charge is 0.489 e. The van der Waals surface area contributed by atoms with Gasteiger partial charge in [-0.2, -0.15) is 4.98 Å². The number of methoxy groups -OCH3 is 1. The zero-order valence-electron chi connectivity index (χ0n) is 18.7. The molecule has 4 rings (SSSR count). The molecule has 7 nitrogen and oxygen atoms in total. The number of hydrogen-bond donors (Lipinski definition) is 1. The molecule has 1 aromatic heterocycles. The lowest BCUT2D eigenvalue weighted by molar-refractivity contribution is -0.136. The molecule has 0 saturated heterocycles. The lowest BCUT2D eigenvalue weighted by atomic mass is 9.96. The average Bonchev–Trinajstić information content (AvgIpc) is 3.23. The van der Waals surface area contributed by atoms with Gasteiger partial charge in [-0.05, 0) is 37.1 Å². The summed E-state index contributed by atoms with van der Waals surface area (Å²) < 4.78 is 26.4. The molecule has 0 spiro atoms. The van der Waals surface area contributed by atoms with E-state index in [0.29, 0.717) is 33.7 Å². The summed E-state index contributed by atoms with van der Waals surface area (Å²) in [5.41, 5.74) is 2.43. The number of aromatic nitrogens is 3. The van der Waals surface area contributed by atoms with Crippen LogP contribution in [-0.2, 0) is 16.1 Å². The van der Waals surface area contributed by atoms with Crippen molar-refractivity contribution < 1.29 is 18.7 Å². The molecule has 1 aliphatic heterocycles. The summed E-state index contributed by atoms with van der Waals surface area (Å²) in [6.45, 7) is 4.04. The molecular formula is C24H25FN4O3S. The number of ether oxygens (including phenoxy) is 2. The number of halogens is 1. The highest BCUT2D eigenvalue weighted by molar-refractivity contribution is 7.99. The molecule has 1 aliphatic rings. The van der Waals surface area contributed by atoms with Crippen molar-refractivity contribution in [2.45, 2.75) is 38.1 Å². The van der Waals surface area contributed by atoms with E-state index >= 15 is 0 Å². The maximum absolute atomic E-state index is 13.9. The van der Waals surface area contributed by atoms with E-state index in [-0.39, 0.29) is 12.4 Å². The molecule has 172 valence electrons. The van der Waals surface area contributed by atoms with E-state index in [9.17, 15) is 9.18 Å². The Bertz CT molecular complexity index is 1180. The minimum atomic E-state index is -0.502. The van der Waals surface area contributed by atoms with Crippen molar-refractivity contribution in [3.8, 4) is 5.75 Å². The first-order chi connectivity index (χ1) is 16.0. The van der Waals surface area contributed by atoms with Gasteiger partial charge in [0.15, 0.2) is 0 Å². The Morgan fingerprint density at radius 3 is 2.67 bits per heavy atom. The standard InChI is InChI=1S/C24H25FN4O3S/c1-4-13-33-24-27-23-26-15(2)20(22(30)31-3)21(29(23)28-24)16-9-11-18(12-10-16)32-14-17-7-5-6-8-19(17)25/h5-12,21H,4,13-14H2,1-3H3,(H,26,27,28). The zero-order chi connectivity index (χ0) is 23.4. The molecule has 0 amide bonds. The average molecular weight is 469 g/mol. The fourth-order valence-corrected chi connectivity index (χ4v) is 4.27. The van der Waals surface area contributed by atoms with Gasteiger partial charge >= 0.3 is 5.97 Å². The number of thioether (sulfide) groups is 1. The van der Waals surface area contributed by atoms with Crippen molar-refractivity contribution in [3.63, 3.8) is 0 Å². The third kappa shape index (κ3) is 4.88. The second-order valence-electron chi connectivity index (χ2n) is 7.52. The lowest BCUT2D eigenvalue weighted by Crippen LogP contribution is -2.29. The zero-order valence-corrected chi connectivity index (χ0v) is 19.5. The monoisotopic (exact) mass is 468 g/mol. The van der Waals surface area contributed by atoms with Gasteiger partial charge in [0.1, 0.15) is 24.2 Å². The van der Waals surface area contributed by atoms with Gasteiger partial charge in [-0.1, -0.05) is 49.0 Å². The Morgan fingerprint density at radius 2 is 1.97 bits per heavy atom. The minimum Gasteiger partial charge on any atom is -0.489 e. The molecule has 2 aromatic carbocycles. The first-order valence-corrected chi connectivity index (χ1v) is 11.6. The quantitative estimate of drug-likeness (QED) is 0.370. The van der Waals surface area contributed by atoms with Crippen molar-refractivity contribution in [1.82, 2.24) is 14.8 Å². The van der Waals surface area contributed by atoms with Crippen LogP contribution in [0, 0.1) is 5.82 Å².